The van der Waals surface area contributed by atoms with Crippen LogP contribution in [0, 0.1) is 0 Å². The first-order chi connectivity index (χ1) is 8.29. The number of rotatable bonds is 4. The van der Waals surface area contributed by atoms with E-state index >= 15 is 0 Å². The summed E-state index contributed by atoms with van der Waals surface area (Å²) < 4.78 is 0. The van der Waals surface area contributed by atoms with Gasteiger partial charge in [0.25, 0.3) is 0 Å². The van der Waals surface area contributed by atoms with Crippen LogP contribution in [0.2, 0.25) is 0 Å². The number of nitrogen functional groups attached to an aromatic ring is 1. The van der Waals surface area contributed by atoms with E-state index in [9.17, 15) is 0 Å². The lowest BCUT2D eigenvalue weighted by Crippen LogP contribution is -2.05. The van der Waals surface area contributed by atoms with Crippen LogP contribution in [0.4, 0.5) is 5.82 Å². The molecule has 0 aliphatic heterocycles. The van der Waals surface area contributed by atoms with Crippen LogP contribution in [0.1, 0.15) is 11.1 Å². The summed E-state index contributed by atoms with van der Waals surface area (Å²) in [6.45, 7) is 0.371. The van der Waals surface area contributed by atoms with E-state index in [1.54, 1.807) is 18.0 Å². The molecule has 0 saturated heterocycles. The predicted molar refractivity (Wildman–Crippen MR) is 70.3 cm³/mol. The maximum atomic E-state index is 5.76. The van der Waals surface area contributed by atoms with Crippen LogP contribution in [0.3, 0.4) is 0 Å². The molecule has 17 heavy (non-hydrogen) atoms. The molecular weight excluding hydrogens is 232 g/mol. The maximum Gasteiger partial charge on any atom is 0.189 e. The zero-order valence-corrected chi connectivity index (χ0v) is 10.2. The van der Waals surface area contributed by atoms with Gasteiger partial charge in [-0.25, -0.2) is 9.97 Å². The Bertz CT molecular complexity index is 487. The van der Waals surface area contributed by atoms with Gasteiger partial charge in [-0.05, 0) is 5.56 Å². The Morgan fingerprint density at radius 2 is 1.94 bits per heavy atom. The quantitative estimate of drug-likeness (QED) is 0.635. The Balaban J connectivity index is 2.02. The molecule has 5 heteroatoms. The summed E-state index contributed by atoms with van der Waals surface area (Å²) in [5.74, 6) is 1.31. The number of hydrogen-bond donors (Lipinski definition) is 2. The van der Waals surface area contributed by atoms with Crippen molar-refractivity contribution in [1.82, 2.24) is 9.97 Å². The minimum Gasteiger partial charge on any atom is -0.383 e. The molecule has 0 aliphatic rings. The highest BCUT2D eigenvalue weighted by Gasteiger charge is 2.03. The van der Waals surface area contributed by atoms with Gasteiger partial charge in [0.1, 0.15) is 5.82 Å². The minimum absolute atomic E-state index is 0.371. The summed E-state index contributed by atoms with van der Waals surface area (Å²) in [5.41, 5.74) is 13.3. The van der Waals surface area contributed by atoms with Gasteiger partial charge in [-0.3, -0.25) is 0 Å². The SMILES string of the molecule is NCc1cnc(SCc2ccccc2)nc1N. The highest BCUT2D eigenvalue weighted by atomic mass is 32.2. The molecule has 0 unspecified atom stereocenters. The second-order valence-electron chi connectivity index (χ2n) is 3.54. The second-order valence-corrected chi connectivity index (χ2v) is 4.48. The Morgan fingerprint density at radius 3 is 2.59 bits per heavy atom. The molecule has 2 rings (SSSR count). The first-order valence-corrected chi connectivity index (χ1v) is 6.26. The molecule has 1 aromatic carbocycles. The summed E-state index contributed by atoms with van der Waals surface area (Å²) in [6.07, 6.45) is 1.69. The number of nitrogens with zero attached hydrogens (tertiary/aromatic N) is 2. The van der Waals surface area contributed by atoms with Crippen molar-refractivity contribution in [2.45, 2.75) is 17.5 Å². The fourth-order valence-electron chi connectivity index (χ4n) is 1.35. The second kappa shape index (κ2) is 5.65. The van der Waals surface area contributed by atoms with E-state index in [2.05, 4.69) is 22.1 Å². The molecule has 0 bridgehead atoms. The Kier molecular flexibility index (Phi) is 3.95. The van der Waals surface area contributed by atoms with Gasteiger partial charge in [0.15, 0.2) is 5.16 Å². The van der Waals surface area contributed by atoms with E-state index < -0.39 is 0 Å². The van der Waals surface area contributed by atoms with Crippen molar-refractivity contribution in [2.24, 2.45) is 5.73 Å². The predicted octanol–water partition coefficient (Wildman–Crippen LogP) is 1.81. The normalized spacial score (nSPS) is 10.4. The van der Waals surface area contributed by atoms with Crippen molar-refractivity contribution in [3.63, 3.8) is 0 Å². The van der Waals surface area contributed by atoms with Crippen LogP contribution < -0.4 is 11.5 Å². The van der Waals surface area contributed by atoms with E-state index in [4.69, 9.17) is 11.5 Å². The van der Waals surface area contributed by atoms with Crippen molar-refractivity contribution in [3.8, 4) is 0 Å². The molecule has 0 aliphatic carbocycles. The zero-order valence-electron chi connectivity index (χ0n) is 9.34. The van der Waals surface area contributed by atoms with Gasteiger partial charge in [-0.1, -0.05) is 42.1 Å². The van der Waals surface area contributed by atoms with Crippen LogP contribution in [0.5, 0.6) is 0 Å². The van der Waals surface area contributed by atoms with Crippen molar-refractivity contribution < 1.29 is 0 Å². The Labute approximate surface area is 104 Å². The van der Waals surface area contributed by atoms with Crippen LogP contribution in [0.15, 0.2) is 41.7 Å². The molecule has 0 amide bonds. The molecule has 4 N–H and O–H groups in total. The first-order valence-electron chi connectivity index (χ1n) is 5.28. The molecule has 0 saturated carbocycles. The van der Waals surface area contributed by atoms with E-state index in [0.717, 1.165) is 11.3 Å². The van der Waals surface area contributed by atoms with Gasteiger partial charge in [-0.15, -0.1) is 0 Å². The number of nitrogens with two attached hydrogens (primary N) is 2. The van der Waals surface area contributed by atoms with Gasteiger partial charge < -0.3 is 11.5 Å². The summed E-state index contributed by atoms with van der Waals surface area (Å²) >= 11 is 1.56. The fourth-order valence-corrected chi connectivity index (χ4v) is 2.13. The highest BCUT2D eigenvalue weighted by Crippen LogP contribution is 2.20. The third-order valence-electron chi connectivity index (χ3n) is 2.31. The molecule has 4 nitrogen and oxygen atoms in total. The van der Waals surface area contributed by atoms with Gasteiger partial charge in [-0.2, -0.15) is 0 Å². The van der Waals surface area contributed by atoms with Crippen LogP contribution >= 0.6 is 11.8 Å². The zero-order chi connectivity index (χ0) is 12.1. The number of aromatic nitrogens is 2. The maximum absolute atomic E-state index is 5.76. The fraction of sp³-hybridized carbons (Fsp3) is 0.167. The van der Waals surface area contributed by atoms with E-state index in [0.29, 0.717) is 17.5 Å². The average Bonchev–Trinajstić information content (AvgIpc) is 2.38. The van der Waals surface area contributed by atoms with Crippen molar-refractivity contribution in [1.29, 1.82) is 0 Å². The molecular formula is C12H14N4S. The topological polar surface area (TPSA) is 77.8 Å². The molecule has 2 aromatic rings. The summed E-state index contributed by atoms with van der Waals surface area (Å²) in [6, 6.07) is 10.2. The first kappa shape index (κ1) is 11.9. The molecule has 0 atom stereocenters. The van der Waals surface area contributed by atoms with Gasteiger partial charge >= 0.3 is 0 Å². The van der Waals surface area contributed by atoms with E-state index in [-0.39, 0.29) is 0 Å². The largest absolute Gasteiger partial charge is 0.383 e. The highest BCUT2D eigenvalue weighted by molar-refractivity contribution is 7.98. The van der Waals surface area contributed by atoms with Crippen molar-refractivity contribution in [2.75, 3.05) is 5.73 Å². The Hall–Kier alpha value is -1.59. The molecule has 0 spiro atoms. The lowest BCUT2D eigenvalue weighted by atomic mass is 10.2. The third kappa shape index (κ3) is 3.18. The van der Waals surface area contributed by atoms with Crippen molar-refractivity contribution >= 4 is 17.6 Å². The minimum atomic E-state index is 0.371. The van der Waals surface area contributed by atoms with Gasteiger partial charge in [0, 0.05) is 24.1 Å². The van der Waals surface area contributed by atoms with E-state index in [1.807, 2.05) is 18.2 Å². The summed E-state index contributed by atoms with van der Waals surface area (Å²) in [7, 11) is 0. The lowest BCUT2D eigenvalue weighted by molar-refractivity contribution is 0.924. The summed E-state index contributed by atoms with van der Waals surface area (Å²) in [5, 5.41) is 0.684. The number of hydrogen-bond acceptors (Lipinski definition) is 5. The molecule has 0 radical (unpaired) electrons. The lowest BCUT2D eigenvalue weighted by Gasteiger charge is -2.04. The van der Waals surface area contributed by atoms with E-state index in [1.165, 1.54) is 5.56 Å². The van der Waals surface area contributed by atoms with Crippen LogP contribution in [-0.4, -0.2) is 9.97 Å². The average molecular weight is 246 g/mol. The summed E-state index contributed by atoms with van der Waals surface area (Å²) in [4.78, 5) is 8.43. The molecule has 1 aromatic heterocycles. The monoisotopic (exact) mass is 246 g/mol. The number of anilines is 1. The Morgan fingerprint density at radius 1 is 1.18 bits per heavy atom. The standard InChI is InChI=1S/C12H14N4S/c13-6-10-7-15-12(16-11(10)14)17-8-9-4-2-1-3-5-9/h1-5,7H,6,8,13H2,(H2,14,15,16). The van der Waals surface area contributed by atoms with Crippen LogP contribution in [0.25, 0.3) is 0 Å². The molecule has 0 fully saturated rings. The number of thioether (sulfide) groups is 1. The number of benzene rings is 1. The molecule has 1 heterocycles. The van der Waals surface area contributed by atoms with Gasteiger partial charge in [0.2, 0.25) is 0 Å². The molecule has 88 valence electrons. The third-order valence-corrected chi connectivity index (χ3v) is 3.24. The van der Waals surface area contributed by atoms with Crippen LogP contribution in [-0.2, 0) is 12.3 Å². The smallest absolute Gasteiger partial charge is 0.189 e. The van der Waals surface area contributed by atoms with Crippen molar-refractivity contribution in [3.05, 3.63) is 47.7 Å². The van der Waals surface area contributed by atoms with Gasteiger partial charge in [0.05, 0.1) is 0 Å².